The number of allylic oxidation sites excluding steroid dienone is 1. The van der Waals surface area contributed by atoms with Crippen LogP contribution in [0.2, 0.25) is 0 Å². The standard InChI is InChI=1S/C36H32N4O5/c1-4-9-30-20-27(22-34(44-3)35(30)45-24-26-10-8-13-32(21-26)40(42)43)23-37-38-36(41)29-15-17-31(18-16-29)39-25(2)14-19-33(39)28-11-6-5-7-12-28/h4-8,10-23H,1,9,24H2,2-3H3,(H,38,41)/b37-23+. The van der Waals surface area contributed by atoms with Crippen LogP contribution in [0.1, 0.15) is 32.7 Å². The quantitative estimate of drug-likeness (QED) is 0.0693. The number of nitro benzene ring substituents is 1. The third-order valence-electron chi connectivity index (χ3n) is 7.16. The number of aromatic nitrogens is 1. The third kappa shape index (κ3) is 7.17. The zero-order valence-corrected chi connectivity index (χ0v) is 25.0. The molecule has 9 nitrogen and oxygen atoms in total. The molecule has 5 rings (SSSR count). The molecule has 1 heterocycles. The zero-order valence-electron chi connectivity index (χ0n) is 25.0. The van der Waals surface area contributed by atoms with Crippen LogP contribution in [0.3, 0.4) is 0 Å². The van der Waals surface area contributed by atoms with Crippen LogP contribution in [0.25, 0.3) is 16.9 Å². The van der Waals surface area contributed by atoms with Crippen LogP contribution >= 0.6 is 0 Å². The molecule has 0 atom stereocenters. The molecule has 0 fully saturated rings. The lowest BCUT2D eigenvalue weighted by atomic mass is 10.1. The number of non-ortho nitro benzene ring substituents is 1. The van der Waals surface area contributed by atoms with Crippen LogP contribution in [0, 0.1) is 17.0 Å². The van der Waals surface area contributed by atoms with Gasteiger partial charge in [0.15, 0.2) is 11.5 Å². The van der Waals surface area contributed by atoms with Crippen molar-refractivity contribution >= 4 is 17.8 Å². The number of hydrogen-bond acceptors (Lipinski definition) is 6. The van der Waals surface area contributed by atoms with Gasteiger partial charge in [-0.15, -0.1) is 6.58 Å². The van der Waals surface area contributed by atoms with Crippen molar-refractivity contribution in [3.05, 3.63) is 154 Å². The van der Waals surface area contributed by atoms with Gasteiger partial charge in [-0.3, -0.25) is 14.9 Å². The Kier molecular flexibility index (Phi) is 9.49. The summed E-state index contributed by atoms with van der Waals surface area (Å²) in [5, 5.41) is 15.3. The summed E-state index contributed by atoms with van der Waals surface area (Å²) in [6.07, 6.45) is 3.74. The van der Waals surface area contributed by atoms with Gasteiger partial charge in [-0.2, -0.15) is 5.10 Å². The molecule has 0 unspecified atom stereocenters. The Morgan fingerprint density at radius 1 is 1.00 bits per heavy atom. The van der Waals surface area contributed by atoms with Crippen LogP contribution in [0.15, 0.2) is 121 Å². The molecule has 9 heteroatoms. The Morgan fingerprint density at radius 2 is 1.78 bits per heavy atom. The number of carbonyl (C=O) groups excluding carboxylic acids is 1. The number of nitro groups is 1. The number of methoxy groups -OCH3 is 1. The van der Waals surface area contributed by atoms with E-state index in [9.17, 15) is 14.9 Å². The molecule has 1 N–H and O–H groups in total. The molecule has 0 bridgehead atoms. The minimum absolute atomic E-state index is 0.00729. The maximum absolute atomic E-state index is 12.9. The van der Waals surface area contributed by atoms with E-state index in [2.05, 4.69) is 45.9 Å². The van der Waals surface area contributed by atoms with Gasteiger partial charge in [0.25, 0.3) is 11.6 Å². The van der Waals surface area contributed by atoms with Crippen molar-refractivity contribution in [1.82, 2.24) is 9.99 Å². The molecule has 5 aromatic rings. The lowest BCUT2D eigenvalue weighted by molar-refractivity contribution is -0.384. The van der Waals surface area contributed by atoms with Gasteiger partial charge < -0.3 is 14.0 Å². The number of nitrogens with one attached hydrogen (secondary N) is 1. The smallest absolute Gasteiger partial charge is 0.271 e. The van der Waals surface area contributed by atoms with Gasteiger partial charge >= 0.3 is 0 Å². The zero-order chi connectivity index (χ0) is 31.8. The summed E-state index contributed by atoms with van der Waals surface area (Å²) >= 11 is 0. The number of rotatable bonds is 12. The van der Waals surface area contributed by atoms with Crippen molar-refractivity contribution in [2.75, 3.05) is 7.11 Å². The van der Waals surface area contributed by atoms with Gasteiger partial charge in [0.1, 0.15) is 6.61 Å². The molecule has 0 spiro atoms. The van der Waals surface area contributed by atoms with Gasteiger partial charge in [-0.1, -0.05) is 48.5 Å². The highest BCUT2D eigenvalue weighted by molar-refractivity contribution is 5.95. The lowest BCUT2D eigenvalue weighted by Crippen LogP contribution is -2.17. The molecule has 45 heavy (non-hydrogen) atoms. The fourth-order valence-electron chi connectivity index (χ4n) is 5.00. The first kappa shape index (κ1) is 30.5. The van der Waals surface area contributed by atoms with E-state index in [4.69, 9.17) is 9.47 Å². The summed E-state index contributed by atoms with van der Waals surface area (Å²) in [5.41, 5.74) is 9.38. The highest BCUT2D eigenvalue weighted by atomic mass is 16.6. The number of amides is 1. The SMILES string of the molecule is C=CCc1cc(/C=N/NC(=O)c2ccc(-n3c(C)ccc3-c3ccccc3)cc2)cc(OC)c1OCc1cccc([N+](=O)[O-])c1. The third-order valence-corrected chi connectivity index (χ3v) is 7.16. The van der Waals surface area contributed by atoms with Gasteiger partial charge in [-0.05, 0) is 78.6 Å². The average molecular weight is 601 g/mol. The largest absolute Gasteiger partial charge is 0.493 e. The number of hydrazone groups is 1. The van der Waals surface area contributed by atoms with Gasteiger partial charge in [0.2, 0.25) is 0 Å². The predicted octanol–water partition coefficient (Wildman–Crippen LogP) is 7.44. The lowest BCUT2D eigenvalue weighted by Gasteiger charge is -2.16. The molecule has 4 aromatic carbocycles. The van der Waals surface area contributed by atoms with E-state index < -0.39 is 4.92 Å². The Balaban J connectivity index is 1.29. The second-order valence-electron chi connectivity index (χ2n) is 10.2. The van der Waals surface area contributed by atoms with Crippen molar-refractivity contribution in [2.45, 2.75) is 20.0 Å². The average Bonchev–Trinajstić information content (AvgIpc) is 3.45. The first-order valence-electron chi connectivity index (χ1n) is 14.2. The van der Waals surface area contributed by atoms with Crippen LogP contribution in [0.4, 0.5) is 5.69 Å². The Bertz CT molecular complexity index is 1860. The summed E-state index contributed by atoms with van der Waals surface area (Å²) in [6, 6.07) is 31.6. The van der Waals surface area contributed by atoms with E-state index in [1.807, 2.05) is 43.3 Å². The Labute approximate surface area is 261 Å². The molecule has 1 aromatic heterocycles. The maximum atomic E-state index is 12.9. The Morgan fingerprint density at radius 3 is 2.49 bits per heavy atom. The molecular weight excluding hydrogens is 568 g/mol. The molecule has 0 saturated heterocycles. The molecule has 0 radical (unpaired) electrons. The number of aryl methyl sites for hydroxylation is 1. The second-order valence-corrected chi connectivity index (χ2v) is 10.2. The number of nitrogens with zero attached hydrogens (tertiary/aromatic N) is 3. The van der Waals surface area contributed by atoms with E-state index in [0.29, 0.717) is 34.6 Å². The van der Waals surface area contributed by atoms with Crippen LogP contribution < -0.4 is 14.9 Å². The molecule has 0 aliphatic heterocycles. The van der Waals surface area contributed by atoms with Crippen LogP contribution in [-0.2, 0) is 13.0 Å². The predicted molar refractivity (Wildman–Crippen MR) is 175 cm³/mol. The first-order chi connectivity index (χ1) is 21.9. The molecular formula is C36H32N4O5. The summed E-state index contributed by atoms with van der Waals surface area (Å²) in [6.45, 7) is 6.00. The molecule has 0 aliphatic rings. The maximum Gasteiger partial charge on any atom is 0.271 e. The second kappa shape index (κ2) is 14.0. The van der Waals surface area contributed by atoms with Crippen molar-refractivity contribution in [3.63, 3.8) is 0 Å². The summed E-state index contributed by atoms with van der Waals surface area (Å²) in [5.74, 6) is 0.609. The molecule has 0 aliphatic carbocycles. The van der Waals surface area contributed by atoms with Crippen LogP contribution in [-0.4, -0.2) is 28.7 Å². The van der Waals surface area contributed by atoms with Gasteiger partial charge in [0.05, 0.1) is 23.9 Å². The van der Waals surface area contributed by atoms with Crippen LogP contribution in [0.5, 0.6) is 11.5 Å². The van der Waals surface area contributed by atoms with Crippen molar-refractivity contribution in [1.29, 1.82) is 0 Å². The van der Waals surface area contributed by atoms with Gasteiger partial charge in [0, 0.05) is 34.6 Å². The van der Waals surface area contributed by atoms with E-state index in [0.717, 1.165) is 28.2 Å². The van der Waals surface area contributed by atoms with E-state index in [-0.39, 0.29) is 18.2 Å². The number of carbonyl (C=O) groups is 1. The number of hydrogen-bond donors (Lipinski definition) is 1. The Hall–Kier alpha value is -5.96. The topological polar surface area (TPSA) is 108 Å². The minimum Gasteiger partial charge on any atom is -0.493 e. The fourth-order valence-corrected chi connectivity index (χ4v) is 5.00. The van der Waals surface area contributed by atoms with Crippen molar-refractivity contribution < 1.29 is 19.2 Å². The fraction of sp³-hybridized carbons (Fsp3) is 0.111. The van der Waals surface area contributed by atoms with E-state index in [1.54, 1.807) is 36.4 Å². The van der Waals surface area contributed by atoms with E-state index >= 15 is 0 Å². The first-order valence-corrected chi connectivity index (χ1v) is 14.2. The molecule has 0 saturated carbocycles. The van der Waals surface area contributed by atoms with Crippen molar-refractivity contribution in [3.8, 4) is 28.4 Å². The monoisotopic (exact) mass is 600 g/mol. The summed E-state index contributed by atoms with van der Waals surface area (Å²) in [7, 11) is 1.53. The van der Waals surface area contributed by atoms with E-state index in [1.165, 1.54) is 25.5 Å². The summed E-state index contributed by atoms with van der Waals surface area (Å²) < 4.78 is 13.8. The minimum atomic E-state index is -0.443. The normalized spacial score (nSPS) is 10.9. The summed E-state index contributed by atoms with van der Waals surface area (Å²) in [4.78, 5) is 23.6. The van der Waals surface area contributed by atoms with Gasteiger partial charge in [-0.25, -0.2) is 5.43 Å². The van der Waals surface area contributed by atoms with Crippen molar-refractivity contribution in [2.24, 2.45) is 5.10 Å². The molecule has 1 amide bonds. The molecule has 226 valence electrons. The highest BCUT2D eigenvalue weighted by Crippen LogP contribution is 2.34. The number of benzene rings is 4. The number of ether oxygens (including phenoxy) is 2. The highest BCUT2D eigenvalue weighted by Gasteiger charge is 2.15.